The van der Waals surface area contributed by atoms with Gasteiger partial charge in [-0.25, -0.2) is 13.4 Å². The van der Waals surface area contributed by atoms with Crippen molar-refractivity contribution in [2.75, 3.05) is 13.1 Å². The number of ether oxygens (including phenoxy) is 1. The summed E-state index contributed by atoms with van der Waals surface area (Å²) in [5.41, 5.74) is 2.95. The fourth-order valence-electron chi connectivity index (χ4n) is 2.85. The molecule has 24 heavy (non-hydrogen) atoms. The van der Waals surface area contributed by atoms with Crippen LogP contribution in [0.2, 0.25) is 0 Å². The summed E-state index contributed by atoms with van der Waals surface area (Å²) in [5.74, 6) is 0.577. The summed E-state index contributed by atoms with van der Waals surface area (Å²) in [6.45, 7) is 4.80. The van der Waals surface area contributed by atoms with Crippen molar-refractivity contribution in [3.05, 3.63) is 59.3 Å². The van der Waals surface area contributed by atoms with E-state index in [0.29, 0.717) is 25.4 Å². The Kier molecular flexibility index (Phi) is 4.87. The Bertz CT molecular complexity index is 803. The lowest BCUT2D eigenvalue weighted by Crippen LogP contribution is -2.32. The van der Waals surface area contributed by atoms with Crippen molar-refractivity contribution in [2.45, 2.75) is 32.1 Å². The minimum Gasteiger partial charge on any atom is -0.473 e. The van der Waals surface area contributed by atoms with E-state index >= 15 is 0 Å². The number of hydrogen-bond donors (Lipinski definition) is 0. The zero-order chi connectivity index (χ0) is 17.2. The number of pyridine rings is 1. The molecule has 1 aromatic heterocycles. The van der Waals surface area contributed by atoms with Crippen LogP contribution in [-0.4, -0.2) is 36.9 Å². The van der Waals surface area contributed by atoms with E-state index in [0.717, 1.165) is 16.7 Å². The normalized spacial score (nSPS) is 18.7. The number of nitrogens with zero attached hydrogens (tertiary/aromatic N) is 2. The zero-order valence-electron chi connectivity index (χ0n) is 14.0. The molecule has 128 valence electrons. The molecular weight excluding hydrogens is 324 g/mol. The first-order valence-electron chi connectivity index (χ1n) is 8.05. The van der Waals surface area contributed by atoms with Gasteiger partial charge in [-0.3, -0.25) is 0 Å². The minimum absolute atomic E-state index is 0.0319. The van der Waals surface area contributed by atoms with E-state index in [4.69, 9.17) is 4.74 Å². The van der Waals surface area contributed by atoms with E-state index in [9.17, 15) is 8.42 Å². The highest BCUT2D eigenvalue weighted by Crippen LogP contribution is 2.21. The van der Waals surface area contributed by atoms with E-state index in [2.05, 4.69) is 4.98 Å². The molecule has 0 amide bonds. The maximum absolute atomic E-state index is 12.6. The third-order valence-electron chi connectivity index (χ3n) is 4.10. The monoisotopic (exact) mass is 346 g/mol. The molecule has 1 aliphatic heterocycles. The average Bonchev–Trinajstić information content (AvgIpc) is 2.99. The number of hydrogen-bond acceptors (Lipinski definition) is 4. The van der Waals surface area contributed by atoms with Gasteiger partial charge in [0.05, 0.1) is 12.3 Å². The first kappa shape index (κ1) is 16.9. The van der Waals surface area contributed by atoms with Crippen LogP contribution in [0.3, 0.4) is 0 Å². The Morgan fingerprint density at radius 3 is 2.75 bits per heavy atom. The van der Waals surface area contributed by atoms with Gasteiger partial charge in [-0.1, -0.05) is 35.9 Å². The Morgan fingerprint density at radius 2 is 2.04 bits per heavy atom. The lowest BCUT2D eigenvalue weighted by atomic mass is 10.2. The molecule has 0 aliphatic carbocycles. The predicted octanol–water partition coefficient (Wildman–Crippen LogP) is 2.68. The second-order valence-corrected chi connectivity index (χ2v) is 8.27. The van der Waals surface area contributed by atoms with Crippen LogP contribution >= 0.6 is 0 Å². The van der Waals surface area contributed by atoms with Crippen LogP contribution in [0.15, 0.2) is 42.6 Å². The van der Waals surface area contributed by atoms with Gasteiger partial charge in [-0.2, -0.15) is 4.31 Å². The zero-order valence-corrected chi connectivity index (χ0v) is 14.8. The molecule has 2 heterocycles. The van der Waals surface area contributed by atoms with Gasteiger partial charge in [-0.05, 0) is 31.4 Å². The number of aromatic nitrogens is 1. The van der Waals surface area contributed by atoms with Gasteiger partial charge >= 0.3 is 0 Å². The van der Waals surface area contributed by atoms with Crippen molar-refractivity contribution < 1.29 is 13.2 Å². The van der Waals surface area contributed by atoms with Gasteiger partial charge in [0.25, 0.3) is 0 Å². The smallest absolute Gasteiger partial charge is 0.218 e. The maximum atomic E-state index is 12.6. The van der Waals surface area contributed by atoms with Crippen LogP contribution in [0.5, 0.6) is 5.88 Å². The SMILES string of the molecule is Cc1ccc(OC2CCN(S(=O)(=O)Cc3cccc(C)c3)C2)nc1. The quantitative estimate of drug-likeness (QED) is 0.835. The van der Waals surface area contributed by atoms with Gasteiger partial charge in [0.1, 0.15) is 6.10 Å². The Balaban J connectivity index is 1.62. The second-order valence-electron chi connectivity index (χ2n) is 6.31. The molecule has 1 aromatic carbocycles. The third kappa shape index (κ3) is 4.13. The van der Waals surface area contributed by atoms with Crippen molar-refractivity contribution in [1.29, 1.82) is 0 Å². The van der Waals surface area contributed by atoms with Gasteiger partial charge in [0.15, 0.2) is 0 Å². The molecule has 1 aliphatic rings. The Labute approximate surface area is 143 Å². The molecule has 6 heteroatoms. The van der Waals surface area contributed by atoms with Crippen LogP contribution in [0.1, 0.15) is 23.1 Å². The lowest BCUT2D eigenvalue weighted by Gasteiger charge is -2.17. The highest BCUT2D eigenvalue weighted by atomic mass is 32.2. The van der Waals surface area contributed by atoms with Gasteiger partial charge in [-0.15, -0.1) is 0 Å². The molecule has 1 fully saturated rings. The van der Waals surface area contributed by atoms with Crippen molar-refractivity contribution in [2.24, 2.45) is 0 Å². The molecular formula is C18H22N2O3S. The lowest BCUT2D eigenvalue weighted by molar-refractivity contribution is 0.207. The molecule has 1 unspecified atom stereocenters. The van der Waals surface area contributed by atoms with Crippen LogP contribution < -0.4 is 4.74 Å². The van der Waals surface area contributed by atoms with Crippen molar-refractivity contribution in [3.8, 4) is 5.88 Å². The molecule has 5 nitrogen and oxygen atoms in total. The molecule has 1 saturated heterocycles. The second kappa shape index (κ2) is 6.91. The summed E-state index contributed by atoms with van der Waals surface area (Å²) < 4.78 is 32.6. The summed E-state index contributed by atoms with van der Waals surface area (Å²) in [6.07, 6.45) is 2.28. The average molecular weight is 346 g/mol. The molecule has 0 bridgehead atoms. The summed E-state index contributed by atoms with van der Waals surface area (Å²) in [5, 5.41) is 0. The predicted molar refractivity (Wildman–Crippen MR) is 93.4 cm³/mol. The minimum atomic E-state index is -3.33. The molecule has 0 N–H and O–H groups in total. The molecule has 0 radical (unpaired) electrons. The molecule has 2 aromatic rings. The molecule has 0 saturated carbocycles. The highest BCUT2D eigenvalue weighted by Gasteiger charge is 2.32. The van der Waals surface area contributed by atoms with E-state index in [1.165, 1.54) is 4.31 Å². The summed E-state index contributed by atoms with van der Waals surface area (Å²) in [7, 11) is -3.33. The van der Waals surface area contributed by atoms with Crippen LogP contribution in [-0.2, 0) is 15.8 Å². The molecule has 3 rings (SSSR count). The van der Waals surface area contributed by atoms with E-state index < -0.39 is 10.0 Å². The number of rotatable bonds is 5. The topological polar surface area (TPSA) is 59.5 Å². The molecule has 0 spiro atoms. The molecule has 1 atom stereocenters. The highest BCUT2D eigenvalue weighted by molar-refractivity contribution is 7.88. The fourth-order valence-corrected chi connectivity index (χ4v) is 4.41. The first-order chi connectivity index (χ1) is 11.4. The Morgan fingerprint density at radius 1 is 1.21 bits per heavy atom. The van der Waals surface area contributed by atoms with Crippen molar-refractivity contribution in [1.82, 2.24) is 9.29 Å². The van der Waals surface area contributed by atoms with E-state index in [1.807, 2.05) is 50.2 Å². The standard InChI is InChI=1S/C18H22N2O3S/c1-14-4-3-5-16(10-14)13-24(21,22)20-9-8-17(12-20)23-18-7-6-15(2)11-19-18/h3-7,10-11,17H,8-9,12-13H2,1-2H3. The van der Waals surface area contributed by atoms with Crippen LogP contribution in [0.4, 0.5) is 0 Å². The first-order valence-corrected chi connectivity index (χ1v) is 9.66. The largest absolute Gasteiger partial charge is 0.473 e. The summed E-state index contributed by atoms with van der Waals surface area (Å²) >= 11 is 0. The summed E-state index contributed by atoms with van der Waals surface area (Å²) in [6, 6.07) is 11.4. The van der Waals surface area contributed by atoms with Gasteiger partial charge < -0.3 is 4.74 Å². The van der Waals surface area contributed by atoms with Gasteiger partial charge in [0.2, 0.25) is 15.9 Å². The van der Waals surface area contributed by atoms with E-state index in [-0.39, 0.29) is 11.9 Å². The number of benzene rings is 1. The number of sulfonamides is 1. The Hall–Kier alpha value is -1.92. The fraction of sp³-hybridized carbons (Fsp3) is 0.389. The third-order valence-corrected chi connectivity index (χ3v) is 5.92. The van der Waals surface area contributed by atoms with Crippen LogP contribution in [0, 0.1) is 13.8 Å². The van der Waals surface area contributed by atoms with Gasteiger partial charge in [0, 0.05) is 18.8 Å². The van der Waals surface area contributed by atoms with Crippen molar-refractivity contribution >= 4 is 10.0 Å². The van der Waals surface area contributed by atoms with Crippen LogP contribution in [0.25, 0.3) is 0 Å². The number of aryl methyl sites for hydroxylation is 2. The maximum Gasteiger partial charge on any atom is 0.218 e. The summed E-state index contributed by atoms with van der Waals surface area (Å²) in [4.78, 5) is 4.22. The van der Waals surface area contributed by atoms with E-state index in [1.54, 1.807) is 6.20 Å². The van der Waals surface area contributed by atoms with Crippen molar-refractivity contribution in [3.63, 3.8) is 0 Å².